The van der Waals surface area contributed by atoms with E-state index in [2.05, 4.69) is 42.9 Å². The van der Waals surface area contributed by atoms with Crippen LogP contribution in [-0.2, 0) is 5.41 Å². The summed E-state index contributed by atoms with van der Waals surface area (Å²) in [5, 5.41) is 0. The SMILES string of the molecule is COc1ccc(C(C)(C)C)cc1-c1ncnc(C)c1N. The number of aryl methyl sites for hydroxylation is 1. The lowest BCUT2D eigenvalue weighted by Crippen LogP contribution is -2.11. The second-order valence-corrected chi connectivity index (χ2v) is 5.89. The second kappa shape index (κ2) is 5.12. The van der Waals surface area contributed by atoms with E-state index in [0.717, 1.165) is 22.7 Å². The third-order valence-electron chi connectivity index (χ3n) is 3.40. The van der Waals surface area contributed by atoms with E-state index in [1.165, 1.54) is 11.9 Å². The molecule has 0 spiro atoms. The van der Waals surface area contributed by atoms with E-state index in [4.69, 9.17) is 10.5 Å². The number of anilines is 1. The Bertz CT molecular complexity index is 630. The number of hydrogen-bond acceptors (Lipinski definition) is 4. The third kappa shape index (κ3) is 2.59. The molecule has 4 nitrogen and oxygen atoms in total. The quantitative estimate of drug-likeness (QED) is 0.910. The van der Waals surface area contributed by atoms with Crippen molar-refractivity contribution < 1.29 is 4.74 Å². The number of hydrogen-bond donors (Lipinski definition) is 1. The maximum absolute atomic E-state index is 6.12. The fourth-order valence-electron chi connectivity index (χ4n) is 2.06. The van der Waals surface area contributed by atoms with Gasteiger partial charge in [-0.05, 0) is 30.0 Å². The van der Waals surface area contributed by atoms with Crippen LogP contribution in [-0.4, -0.2) is 17.1 Å². The van der Waals surface area contributed by atoms with Gasteiger partial charge in [0.05, 0.1) is 18.5 Å². The number of aromatic nitrogens is 2. The zero-order chi connectivity index (χ0) is 14.9. The number of ether oxygens (including phenoxy) is 1. The first kappa shape index (κ1) is 14.3. The topological polar surface area (TPSA) is 61.0 Å². The third-order valence-corrected chi connectivity index (χ3v) is 3.40. The van der Waals surface area contributed by atoms with Crippen molar-refractivity contribution in [2.75, 3.05) is 12.8 Å². The van der Waals surface area contributed by atoms with Gasteiger partial charge in [0.25, 0.3) is 0 Å². The van der Waals surface area contributed by atoms with Crippen LogP contribution in [0, 0.1) is 6.92 Å². The Morgan fingerprint density at radius 2 is 1.85 bits per heavy atom. The molecule has 2 N–H and O–H groups in total. The predicted octanol–water partition coefficient (Wildman–Crippen LogP) is 3.34. The van der Waals surface area contributed by atoms with Crippen molar-refractivity contribution in [3.8, 4) is 17.0 Å². The first-order valence-corrected chi connectivity index (χ1v) is 6.60. The van der Waals surface area contributed by atoms with E-state index in [9.17, 15) is 0 Å². The van der Waals surface area contributed by atoms with Crippen molar-refractivity contribution in [1.82, 2.24) is 9.97 Å². The Morgan fingerprint density at radius 3 is 2.45 bits per heavy atom. The summed E-state index contributed by atoms with van der Waals surface area (Å²) in [7, 11) is 1.65. The molecular weight excluding hydrogens is 250 g/mol. The molecule has 2 aromatic rings. The summed E-state index contributed by atoms with van der Waals surface area (Å²) in [5.74, 6) is 0.766. The highest BCUT2D eigenvalue weighted by Gasteiger charge is 2.18. The summed E-state index contributed by atoms with van der Waals surface area (Å²) >= 11 is 0. The first-order chi connectivity index (χ1) is 9.34. The zero-order valence-corrected chi connectivity index (χ0v) is 12.7. The number of benzene rings is 1. The molecule has 4 heteroatoms. The van der Waals surface area contributed by atoms with Gasteiger partial charge in [-0.2, -0.15) is 0 Å². The van der Waals surface area contributed by atoms with Gasteiger partial charge in [-0.3, -0.25) is 0 Å². The Hall–Kier alpha value is -2.10. The molecule has 20 heavy (non-hydrogen) atoms. The van der Waals surface area contributed by atoms with E-state index in [1.807, 2.05) is 13.0 Å². The number of nitrogens with two attached hydrogens (primary N) is 1. The molecule has 0 aliphatic heterocycles. The van der Waals surface area contributed by atoms with Crippen molar-refractivity contribution in [3.63, 3.8) is 0 Å². The average molecular weight is 271 g/mol. The minimum absolute atomic E-state index is 0.0534. The van der Waals surface area contributed by atoms with Crippen LogP contribution < -0.4 is 10.5 Å². The van der Waals surface area contributed by atoms with Gasteiger partial charge < -0.3 is 10.5 Å². The predicted molar refractivity (Wildman–Crippen MR) is 81.9 cm³/mol. The molecule has 0 radical (unpaired) electrons. The Morgan fingerprint density at radius 1 is 1.15 bits per heavy atom. The molecule has 0 saturated carbocycles. The molecule has 2 rings (SSSR count). The minimum Gasteiger partial charge on any atom is -0.496 e. The fourth-order valence-corrected chi connectivity index (χ4v) is 2.06. The van der Waals surface area contributed by atoms with Crippen LogP contribution in [0.25, 0.3) is 11.3 Å². The zero-order valence-electron chi connectivity index (χ0n) is 12.7. The largest absolute Gasteiger partial charge is 0.496 e. The normalized spacial score (nSPS) is 11.4. The summed E-state index contributed by atoms with van der Waals surface area (Å²) in [5.41, 5.74) is 10.4. The van der Waals surface area contributed by atoms with Crippen molar-refractivity contribution in [1.29, 1.82) is 0 Å². The standard InChI is InChI=1S/C16H21N3O/c1-10-14(17)15(19-9-18-10)12-8-11(16(2,3)4)6-7-13(12)20-5/h6-9H,17H2,1-5H3. The molecule has 0 aliphatic rings. The van der Waals surface area contributed by atoms with E-state index in [0.29, 0.717) is 5.69 Å². The summed E-state index contributed by atoms with van der Waals surface area (Å²) in [6.07, 6.45) is 1.53. The van der Waals surface area contributed by atoms with Gasteiger partial charge in [0.1, 0.15) is 17.8 Å². The van der Waals surface area contributed by atoms with E-state index >= 15 is 0 Å². The summed E-state index contributed by atoms with van der Waals surface area (Å²) in [4.78, 5) is 8.44. The molecule has 1 aromatic heterocycles. The van der Waals surface area contributed by atoms with Gasteiger partial charge in [-0.1, -0.05) is 26.8 Å². The Labute approximate surface area is 120 Å². The lowest BCUT2D eigenvalue weighted by molar-refractivity contribution is 0.415. The van der Waals surface area contributed by atoms with Crippen LogP contribution >= 0.6 is 0 Å². The van der Waals surface area contributed by atoms with Gasteiger partial charge >= 0.3 is 0 Å². The highest BCUT2D eigenvalue weighted by Crippen LogP contribution is 2.36. The molecule has 0 aliphatic carbocycles. The Kier molecular flexibility index (Phi) is 3.66. The van der Waals surface area contributed by atoms with Crippen molar-refractivity contribution in [3.05, 3.63) is 35.8 Å². The molecule has 0 fully saturated rings. The van der Waals surface area contributed by atoms with Crippen LogP contribution in [0.15, 0.2) is 24.5 Å². The van der Waals surface area contributed by atoms with E-state index < -0.39 is 0 Å². The highest BCUT2D eigenvalue weighted by molar-refractivity contribution is 5.78. The number of nitrogen functional groups attached to an aromatic ring is 1. The minimum atomic E-state index is 0.0534. The Balaban J connectivity index is 2.68. The van der Waals surface area contributed by atoms with Crippen LogP contribution in [0.5, 0.6) is 5.75 Å². The van der Waals surface area contributed by atoms with Crippen LogP contribution in [0.4, 0.5) is 5.69 Å². The molecule has 0 unspecified atom stereocenters. The molecule has 1 aromatic carbocycles. The van der Waals surface area contributed by atoms with Crippen molar-refractivity contribution in [2.45, 2.75) is 33.1 Å². The molecule has 0 bridgehead atoms. The second-order valence-electron chi connectivity index (χ2n) is 5.89. The monoisotopic (exact) mass is 271 g/mol. The lowest BCUT2D eigenvalue weighted by Gasteiger charge is -2.21. The molecular formula is C16H21N3O. The van der Waals surface area contributed by atoms with Gasteiger partial charge in [0.2, 0.25) is 0 Å². The summed E-state index contributed by atoms with van der Waals surface area (Å²) < 4.78 is 5.45. The van der Waals surface area contributed by atoms with Crippen LogP contribution in [0.1, 0.15) is 32.0 Å². The lowest BCUT2D eigenvalue weighted by atomic mass is 9.85. The van der Waals surface area contributed by atoms with E-state index in [-0.39, 0.29) is 5.41 Å². The maximum atomic E-state index is 6.12. The molecule has 0 saturated heterocycles. The molecule has 106 valence electrons. The molecule has 1 heterocycles. The molecule has 0 amide bonds. The molecule has 0 atom stereocenters. The van der Waals surface area contributed by atoms with Gasteiger partial charge in [-0.25, -0.2) is 9.97 Å². The maximum Gasteiger partial charge on any atom is 0.128 e. The number of rotatable bonds is 2. The number of nitrogens with zero attached hydrogens (tertiary/aromatic N) is 2. The highest BCUT2D eigenvalue weighted by atomic mass is 16.5. The van der Waals surface area contributed by atoms with E-state index in [1.54, 1.807) is 7.11 Å². The summed E-state index contributed by atoms with van der Waals surface area (Å²) in [6.45, 7) is 8.40. The van der Waals surface area contributed by atoms with Gasteiger partial charge in [-0.15, -0.1) is 0 Å². The smallest absolute Gasteiger partial charge is 0.128 e. The fraction of sp³-hybridized carbons (Fsp3) is 0.375. The average Bonchev–Trinajstić information content (AvgIpc) is 2.40. The van der Waals surface area contributed by atoms with Gasteiger partial charge in [0, 0.05) is 5.56 Å². The first-order valence-electron chi connectivity index (χ1n) is 6.60. The van der Waals surface area contributed by atoms with Crippen molar-refractivity contribution >= 4 is 5.69 Å². The number of methoxy groups -OCH3 is 1. The van der Waals surface area contributed by atoms with Crippen LogP contribution in [0.3, 0.4) is 0 Å². The summed E-state index contributed by atoms with van der Waals surface area (Å²) in [6, 6.07) is 6.14. The van der Waals surface area contributed by atoms with Gasteiger partial charge in [0.15, 0.2) is 0 Å². The van der Waals surface area contributed by atoms with Crippen molar-refractivity contribution in [2.24, 2.45) is 0 Å². The van der Waals surface area contributed by atoms with Crippen LogP contribution in [0.2, 0.25) is 0 Å².